The number of furan rings is 1. The van der Waals surface area contributed by atoms with Crippen LogP contribution in [0.25, 0.3) is 0 Å². The molecule has 4 nitrogen and oxygen atoms in total. The summed E-state index contributed by atoms with van der Waals surface area (Å²) in [4.78, 5) is 22.0. The van der Waals surface area contributed by atoms with Crippen LogP contribution in [0.1, 0.15) is 22.5 Å². The van der Waals surface area contributed by atoms with Crippen LogP contribution in [-0.2, 0) is 11.2 Å². The minimum Gasteiger partial charge on any atom is -0.481 e. The molecule has 1 atom stereocenters. The smallest absolute Gasteiger partial charge is 0.307 e. The normalized spacial score (nSPS) is 21.2. The number of carbonyl (C=O) groups is 2. The van der Waals surface area contributed by atoms with Crippen molar-refractivity contribution in [1.29, 1.82) is 0 Å². The number of hydrogen-bond acceptors (Lipinski definition) is 3. The van der Waals surface area contributed by atoms with Crippen LogP contribution < -0.4 is 0 Å². The lowest BCUT2D eigenvalue weighted by atomic mass is 9.87. The highest BCUT2D eigenvalue weighted by molar-refractivity contribution is 5.98. The Kier molecular flexibility index (Phi) is 1.69. The molecular formula is C9H8O4. The molecule has 1 N–H and O–H groups in total. The summed E-state index contributed by atoms with van der Waals surface area (Å²) in [6.45, 7) is 0. The SMILES string of the molecule is O=C1CC(C(=O)O)Cc2ccoc21. The van der Waals surface area contributed by atoms with E-state index in [1.807, 2.05) is 0 Å². The van der Waals surface area contributed by atoms with E-state index in [0.29, 0.717) is 17.7 Å². The van der Waals surface area contributed by atoms with Crippen molar-refractivity contribution >= 4 is 11.8 Å². The van der Waals surface area contributed by atoms with Gasteiger partial charge in [0.25, 0.3) is 0 Å². The molecule has 1 aliphatic rings. The fourth-order valence-electron chi connectivity index (χ4n) is 1.57. The van der Waals surface area contributed by atoms with Gasteiger partial charge in [-0.05, 0) is 12.5 Å². The third kappa shape index (κ3) is 1.24. The first kappa shape index (κ1) is 8.04. The Morgan fingerprint density at radius 2 is 2.31 bits per heavy atom. The molecule has 0 spiro atoms. The van der Waals surface area contributed by atoms with Gasteiger partial charge in [-0.15, -0.1) is 0 Å². The molecule has 0 amide bonds. The largest absolute Gasteiger partial charge is 0.481 e. The Hall–Kier alpha value is -1.58. The maximum Gasteiger partial charge on any atom is 0.307 e. The number of carbonyl (C=O) groups excluding carboxylic acids is 1. The van der Waals surface area contributed by atoms with Crippen LogP contribution >= 0.6 is 0 Å². The Morgan fingerprint density at radius 3 is 3.00 bits per heavy atom. The van der Waals surface area contributed by atoms with Gasteiger partial charge in [-0.25, -0.2) is 0 Å². The third-order valence-corrected chi connectivity index (χ3v) is 2.25. The molecule has 2 rings (SSSR count). The fourth-order valence-corrected chi connectivity index (χ4v) is 1.57. The highest BCUT2D eigenvalue weighted by atomic mass is 16.4. The van der Waals surface area contributed by atoms with Crippen LogP contribution in [0.2, 0.25) is 0 Å². The molecule has 1 aromatic heterocycles. The number of carboxylic acids is 1. The Morgan fingerprint density at radius 1 is 1.54 bits per heavy atom. The molecule has 0 saturated carbocycles. The first-order valence-electron chi connectivity index (χ1n) is 4.01. The predicted octanol–water partition coefficient (Wildman–Crippen LogP) is 1.11. The van der Waals surface area contributed by atoms with Crippen molar-refractivity contribution in [3.8, 4) is 0 Å². The maximum atomic E-state index is 11.3. The van der Waals surface area contributed by atoms with Gasteiger partial charge in [-0.2, -0.15) is 0 Å². The summed E-state index contributed by atoms with van der Waals surface area (Å²) >= 11 is 0. The standard InChI is InChI=1S/C9H8O4/c10-7-4-6(9(11)12)3-5-1-2-13-8(5)7/h1-2,6H,3-4H2,(H,11,12). The summed E-state index contributed by atoms with van der Waals surface area (Å²) in [5.74, 6) is -1.38. The lowest BCUT2D eigenvalue weighted by molar-refractivity contribution is -0.141. The van der Waals surface area contributed by atoms with E-state index in [-0.39, 0.29) is 12.2 Å². The van der Waals surface area contributed by atoms with E-state index in [1.54, 1.807) is 6.07 Å². The number of Topliss-reactive ketones (excluding diaryl/α,β-unsaturated/α-hetero) is 1. The molecule has 13 heavy (non-hydrogen) atoms. The van der Waals surface area contributed by atoms with Gasteiger partial charge in [0, 0.05) is 12.0 Å². The van der Waals surface area contributed by atoms with Crippen molar-refractivity contribution < 1.29 is 19.1 Å². The number of hydrogen-bond donors (Lipinski definition) is 1. The zero-order valence-corrected chi connectivity index (χ0v) is 6.82. The van der Waals surface area contributed by atoms with E-state index in [1.165, 1.54) is 6.26 Å². The second-order valence-corrected chi connectivity index (χ2v) is 3.14. The first-order valence-corrected chi connectivity index (χ1v) is 4.01. The van der Waals surface area contributed by atoms with Crippen LogP contribution in [0.5, 0.6) is 0 Å². The number of fused-ring (bicyclic) bond motifs is 1. The zero-order valence-electron chi connectivity index (χ0n) is 6.82. The Balaban J connectivity index is 2.34. The molecule has 0 saturated heterocycles. The minimum absolute atomic E-state index is 0.0514. The molecule has 0 aromatic carbocycles. The number of aliphatic carboxylic acids is 1. The van der Waals surface area contributed by atoms with Gasteiger partial charge < -0.3 is 9.52 Å². The van der Waals surface area contributed by atoms with Crippen molar-refractivity contribution in [3.63, 3.8) is 0 Å². The summed E-state index contributed by atoms with van der Waals surface area (Å²) in [5, 5.41) is 8.74. The second kappa shape index (κ2) is 2.73. The summed E-state index contributed by atoms with van der Waals surface area (Å²) in [6.07, 6.45) is 1.87. The molecule has 1 aliphatic carbocycles. The van der Waals surface area contributed by atoms with Crippen molar-refractivity contribution in [3.05, 3.63) is 23.7 Å². The lowest BCUT2D eigenvalue weighted by Gasteiger charge is -2.15. The summed E-state index contributed by atoms with van der Waals surface area (Å²) in [6, 6.07) is 1.66. The lowest BCUT2D eigenvalue weighted by Crippen LogP contribution is -2.25. The van der Waals surface area contributed by atoms with E-state index < -0.39 is 11.9 Å². The third-order valence-electron chi connectivity index (χ3n) is 2.25. The van der Waals surface area contributed by atoms with E-state index in [2.05, 4.69) is 0 Å². The Labute approximate surface area is 74.2 Å². The predicted molar refractivity (Wildman–Crippen MR) is 42.5 cm³/mol. The van der Waals surface area contributed by atoms with Gasteiger partial charge in [0.05, 0.1) is 12.2 Å². The van der Waals surface area contributed by atoms with E-state index in [4.69, 9.17) is 9.52 Å². The van der Waals surface area contributed by atoms with Gasteiger partial charge in [-0.3, -0.25) is 9.59 Å². The molecule has 1 heterocycles. The van der Waals surface area contributed by atoms with Crippen molar-refractivity contribution in [2.75, 3.05) is 0 Å². The molecule has 68 valence electrons. The highest BCUT2D eigenvalue weighted by Crippen LogP contribution is 2.26. The van der Waals surface area contributed by atoms with Crippen molar-refractivity contribution in [1.82, 2.24) is 0 Å². The maximum absolute atomic E-state index is 11.3. The topological polar surface area (TPSA) is 67.5 Å². The monoisotopic (exact) mass is 180 g/mol. The number of ketones is 1. The molecule has 1 aromatic rings. The molecule has 0 bridgehead atoms. The molecule has 0 radical (unpaired) electrons. The quantitative estimate of drug-likeness (QED) is 0.702. The van der Waals surface area contributed by atoms with Crippen molar-refractivity contribution in [2.24, 2.45) is 5.92 Å². The van der Waals surface area contributed by atoms with E-state index >= 15 is 0 Å². The van der Waals surface area contributed by atoms with Gasteiger partial charge in [-0.1, -0.05) is 0 Å². The van der Waals surface area contributed by atoms with Crippen LogP contribution in [0.15, 0.2) is 16.7 Å². The average Bonchev–Trinajstić information content (AvgIpc) is 2.51. The fraction of sp³-hybridized carbons (Fsp3) is 0.333. The van der Waals surface area contributed by atoms with Crippen LogP contribution in [0.3, 0.4) is 0 Å². The van der Waals surface area contributed by atoms with Crippen molar-refractivity contribution in [2.45, 2.75) is 12.8 Å². The van der Waals surface area contributed by atoms with E-state index in [0.717, 1.165) is 0 Å². The van der Waals surface area contributed by atoms with Crippen LogP contribution in [0, 0.1) is 5.92 Å². The first-order chi connectivity index (χ1) is 6.18. The van der Waals surface area contributed by atoms with Gasteiger partial charge in [0.15, 0.2) is 11.5 Å². The molecule has 1 unspecified atom stereocenters. The average molecular weight is 180 g/mol. The number of carboxylic acid groups (broad SMARTS) is 1. The van der Waals surface area contributed by atoms with E-state index in [9.17, 15) is 9.59 Å². The molecule has 0 fully saturated rings. The molecule has 4 heteroatoms. The van der Waals surface area contributed by atoms with Gasteiger partial charge >= 0.3 is 5.97 Å². The summed E-state index contributed by atoms with van der Waals surface area (Å²) in [7, 11) is 0. The van der Waals surface area contributed by atoms with Gasteiger partial charge in [0.2, 0.25) is 0 Å². The zero-order chi connectivity index (χ0) is 9.42. The number of rotatable bonds is 1. The second-order valence-electron chi connectivity index (χ2n) is 3.14. The van der Waals surface area contributed by atoms with Crippen LogP contribution in [0.4, 0.5) is 0 Å². The molecular weight excluding hydrogens is 172 g/mol. The highest BCUT2D eigenvalue weighted by Gasteiger charge is 2.31. The van der Waals surface area contributed by atoms with Crippen LogP contribution in [-0.4, -0.2) is 16.9 Å². The minimum atomic E-state index is -0.916. The Bertz CT molecular complexity index is 363. The summed E-state index contributed by atoms with van der Waals surface area (Å²) in [5.41, 5.74) is 0.712. The molecule has 0 aliphatic heterocycles. The summed E-state index contributed by atoms with van der Waals surface area (Å²) < 4.78 is 4.95. The van der Waals surface area contributed by atoms with Gasteiger partial charge in [0.1, 0.15) is 0 Å².